The molecule has 0 aliphatic heterocycles. The lowest BCUT2D eigenvalue weighted by atomic mass is 9.98. The van der Waals surface area contributed by atoms with Crippen LogP contribution >= 0.6 is 0 Å². The van der Waals surface area contributed by atoms with Crippen molar-refractivity contribution in [3.8, 4) is 5.75 Å². The molecule has 0 saturated heterocycles. The minimum Gasteiger partial charge on any atom is -0.490 e. The molecule has 0 spiro atoms. The van der Waals surface area contributed by atoms with Crippen LogP contribution in [0, 0.1) is 0 Å². The Hall–Kier alpha value is -1.85. The van der Waals surface area contributed by atoms with Gasteiger partial charge in [-0.25, -0.2) is 0 Å². The Bertz CT molecular complexity index is 429. The SMILES string of the molecule is C=CCOc1ccc(C(=O)NC(CC)(CO)CO)cc1. The van der Waals surface area contributed by atoms with Crippen LogP contribution in [0.3, 0.4) is 0 Å². The van der Waals surface area contributed by atoms with Crippen molar-refractivity contribution in [1.29, 1.82) is 0 Å². The molecule has 1 amide bonds. The molecule has 5 nitrogen and oxygen atoms in total. The maximum atomic E-state index is 12.1. The van der Waals surface area contributed by atoms with E-state index in [4.69, 9.17) is 4.74 Å². The third kappa shape index (κ3) is 4.08. The maximum absolute atomic E-state index is 12.1. The molecule has 3 N–H and O–H groups in total. The monoisotopic (exact) mass is 279 g/mol. The Morgan fingerprint density at radius 2 is 1.95 bits per heavy atom. The van der Waals surface area contributed by atoms with Gasteiger partial charge >= 0.3 is 0 Å². The molecule has 0 fully saturated rings. The Morgan fingerprint density at radius 1 is 1.35 bits per heavy atom. The molecule has 0 bridgehead atoms. The highest BCUT2D eigenvalue weighted by molar-refractivity contribution is 5.94. The van der Waals surface area contributed by atoms with Crippen molar-refractivity contribution >= 4 is 5.91 Å². The Balaban J connectivity index is 2.74. The number of carbonyl (C=O) groups is 1. The largest absolute Gasteiger partial charge is 0.490 e. The Kier molecular flexibility index (Phi) is 6.21. The normalized spacial score (nSPS) is 10.9. The molecule has 0 aromatic heterocycles. The van der Waals surface area contributed by atoms with Gasteiger partial charge < -0.3 is 20.3 Å². The van der Waals surface area contributed by atoms with Gasteiger partial charge in [0.1, 0.15) is 12.4 Å². The molecular formula is C15H21NO4. The summed E-state index contributed by atoms with van der Waals surface area (Å²) in [4.78, 5) is 12.1. The first-order valence-electron chi connectivity index (χ1n) is 6.49. The molecule has 1 aromatic rings. The summed E-state index contributed by atoms with van der Waals surface area (Å²) in [5.74, 6) is 0.303. The highest BCUT2D eigenvalue weighted by Crippen LogP contribution is 2.14. The van der Waals surface area contributed by atoms with E-state index in [0.717, 1.165) is 0 Å². The van der Waals surface area contributed by atoms with Crippen molar-refractivity contribution in [3.05, 3.63) is 42.5 Å². The quantitative estimate of drug-likeness (QED) is 0.623. The fourth-order valence-electron chi connectivity index (χ4n) is 1.61. The van der Waals surface area contributed by atoms with E-state index in [9.17, 15) is 15.0 Å². The van der Waals surface area contributed by atoms with Crippen molar-refractivity contribution in [3.63, 3.8) is 0 Å². The molecule has 0 aliphatic rings. The minimum atomic E-state index is -0.991. The van der Waals surface area contributed by atoms with E-state index in [2.05, 4.69) is 11.9 Å². The standard InChI is InChI=1S/C15H21NO4/c1-3-9-20-13-7-5-12(6-8-13)14(19)16-15(4-2,10-17)11-18/h3,5-8,17-18H,1,4,9-11H2,2H3,(H,16,19). The van der Waals surface area contributed by atoms with Crippen molar-refractivity contribution in [2.24, 2.45) is 0 Å². The molecule has 0 radical (unpaired) electrons. The number of rotatable bonds is 8. The van der Waals surface area contributed by atoms with Gasteiger partial charge in [-0.2, -0.15) is 0 Å². The molecule has 0 unspecified atom stereocenters. The maximum Gasteiger partial charge on any atom is 0.251 e. The number of ether oxygens (including phenoxy) is 1. The highest BCUT2D eigenvalue weighted by atomic mass is 16.5. The molecule has 1 aromatic carbocycles. The number of nitrogens with one attached hydrogen (secondary N) is 1. The van der Waals surface area contributed by atoms with Gasteiger partial charge in [-0.05, 0) is 30.7 Å². The van der Waals surface area contributed by atoms with Crippen molar-refractivity contribution in [2.45, 2.75) is 18.9 Å². The van der Waals surface area contributed by atoms with Crippen LogP contribution in [0.25, 0.3) is 0 Å². The van der Waals surface area contributed by atoms with Crippen LogP contribution in [0.1, 0.15) is 23.7 Å². The number of carbonyl (C=O) groups excluding carboxylic acids is 1. The molecule has 5 heteroatoms. The van der Waals surface area contributed by atoms with Crippen molar-refractivity contribution < 1.29 is 19.7 Å². The fraction of sp³-hybridized carbons (Fsp3) is 0.400. The van der Waals surface area contributed by atoms with Crippen LogP contribution in [0.2, 0.25) is 0 Å². The van der Waals surface area contributed by atoms with E-state index in [1.807, 2.05) is 0 Å². The van der Waals surface area contributed by atoms with Gasteiger partial charge in [0.05, 0.1) is 18.8 Å². The van der Waals surface area contributed by atoms with Gasteiger partial charge in [0.25, 0.3) is 5.91 Å². The second-order valence-electron chi connectivity index (χ2n) is 4.53. The zero-order chi connectivity index (χ0) is 15.0. The number of aliphatic hydroxyl groups excluding tert-OH is 2. The fourth-order valence-corrected chi connectivity index (χ4v) is 1.61. The topological polar surface area (TPSA) is 78.8 Å². The predicted octanol–water partition coefficient (Wildman–Crippen LogP) is 1.11. The molecule has 20 heavy (non-hydrogen) atoms. The van der Waals surface area contributed by atoms with Crippen LogP contribution in [0.5, 0.6) is 5.75 Å². The molecule has 110 valence electrons. The van der Waals surface area contributed by atoms with Crippen LogP contribution in [-0.2, 0) is 0 Å². The number of aliphatic hydroxyl groups is 2. The lowest BCUT2D eigenvalue weighted by molar-refractivity contribution is 0.0653. The van der Waals surface area contributed by atoms with E-state index in [0.29, 0.717) is 24.3 Å². The third-order valence-electron chi connectivity index (χ3n) is 3.15. The van der Waals surface area contributed by atoms with E-state index in [-0.39, 0.29) is 19.1 Å². The minimum absolute atomic E-state index is 0.313. The van der Waals surface area contributed by atoms with Gasteiger partial charge in [-0.3, -0.25) is 4.79 Å². The Morgan fingerprint density at radius 3 is 2.40 bits per heavy atom. The van der Waals surface area contributed by atoms with Gasteiger partial charge in [-0.1, -0.05) is 19.6 Å². The first-order valence-corrected chi connectivity index (χ1v) is 6.49. The summed E-state index contributed by atoms with van der Waals surface area (Å²) in [6.07, 6.45) is 2.07. The lowest BCUT2D eigenvalue weighted by Gasteiger charge is -2.29. The van der Waals surface area contributed by atoms with Crippen LogP contribution < -0.4 is 10.1 Å². The number of benzene rings is 1. The summed E-state index contributed by atoms with van der Waals surface area (Å²) in [6, 6.07) is 6.62. The summed E-state index contributed by atoms with van der Waals surface area (Å²) in [5.41, 5.74) is -0.551. The van der Waals surface area contributed by atoms with E-state index < -0.39 is 5.54 Å². The van der Waals surface area contributed by atoms with Crippen molar-refractivity contribution in [1.82, 2.24) is 5.32 Å². The van der Waals surface area contributed by atoms with Crippen molar-refractivity contribution in [2.75, 3.05) is 19.8 Å². The molecular weight excluding hydrogens is 258 g/mol. The van der Waals surface area contributed by atoms with Gasteiger partial charge in [-0.15, -0.1) is 0 Å². The van der Waals surface area contributed by atoms with E-state index in [1.54, 1.807) is 37.3 Å². The summed E-state index contributed by atoms with van der Waals surface area (Å²) in [7, 11) is 0. The molecule has 1 rings (SSSR count). The lowest BCUT2D eigenvalue weighted by Crippen LogP contribution is -2.53. The smallest absolute Gasteiger partial charge is 0.251 e. The van der Waals surface area contributed by atoms with Crippen LogP contribution in [0.15, 0.2) is 36.9 Å². The predicted molar refractivity (Wildman–Crippen MR) is 76.8 cm³/mol. The van der Waals surface area contributed by atoms with Crippen LogP contribution in [-0.4, -0.2) is 41.5 Å². The first-order chi connectivity index (χ1) is 9.60. The van der Waals surface area contributed by atoms with E-state index in [1.165, 1.54) is 0 Å². The Labute approximate surface area is 118 Å². The van der Waals surface area contributed by atoms with Crippen LogP contribution in [0.4, 0.5) is 0 Å². The zero-order valence-corrected chi connectivity index (χ0v) is 11.6. The number of hydrogen-bond acceptors (Lipinski definition) is 4. The second kappa shape index (κ2) is 7.67. The van der Waals surface area contributed by atoms with Gasteiger partial charge in [0.15, 0.2) is 0 Å². The molecule has 0 aliphatic carbocycles. The second-order valence-corrected chi connectivity index (χ2v) is 4.53. The summed E-state index contributed by atoms with van der Waals surface area (Å²) in [5, 5.41) is 21.3. The van der Waals surface area contributed by atoms with E-state index >= 15 is 0 Å². The first kappa shape index (κ1) is 16.2. The summed E-state index contributed by atoms with van der Waals surface area (Å²) in [6.45, 7) is 5.12. The molecule has 0 heterocycles. The molecule has 0 atom stereocenters. The number of amides is 1. The third-order valence-corrected chi connectivity index (χ3v) is 3.15. The number of hydrogen-bond donors (Lipinski definition) is 3. The van der Waals surface area contributed by atoms with Gasteiger partial charge in [0.2, 0.25) is 0 Å². The molecule has 0 saturated carbocycles. The summed E-state index contributed by atoms with van der Waals surface area (Å²) >= 11 is 0. The highest BCUT2D eigenvalue weighted by Gasteiger charge is 2.28. The average molecular weight is 279 g/mol. The average Bonchev–Trinajstić information content (AvgIpc) is 2.51. The van der Waals surface area contributed by atoms with Gasteiger partial charge in [0, 0.05) is 5.56 Å². The summed E-state index contributed by atoms with van der Waals surface area (Å²) < 4.78 is 5.32. The zero-order valence-electron chi connectivity index (χ0n) is 11.6.